The van der Waals surface area contributed by atoms with E-state index in [0.29, 0.717) is 0 Å². The summed E-state index contributed by atoms with van der Waals surface area (Å²) in [5, 5.41) is 3.35. The molecule has 1 aromatic carbocycles. The number of hydrogen-bond acceptors (Lipinski definition) is 4. The first-order valence-electron chi connectivity index (χ1n) is 9.95. The molecular weight excluding hydrogens is 332 g/mol. The van der Waals surface area contributed by atoms with Crippen LogP contribution in [0.1, 0.15) is 81.1 Å². The quantitative estimate of drug-likeness (QED) is 0.338. The van der Waals surface area contributed by atoms with Crippen molar-refractivity contribution in [2.24, 2.45) is 0 Å². The van der Waals surface area contributed by atoms with Gasteiger partial charge in [0.1, 0.15) is 0 Å². The average Bonchev–Trinajstić information content (AvgIpc) is 2.65. The van der Waals surface area contributed by atoms with Crippen LogP contribution in [0.5, 0.6) is 0 Å². The highest BCUT2D eigenvalue weighted by molar-refractivity contribution is 7.74. The Labute approximate surface area is 162 Å². The van der Waals surface area contributed by atoms with Gasteiger partial charge in [0.2, 0.25) is 0 Å². The molecule has 0 aliphatic carbocycles. The number of unbranched alkanes of at least 4 members (excludes halogenated alkanes) is 1. The molecule has 0 aliphatic heterocycles. The van der Waals surface area contributed by atoms with Crippen LogP contribution in [0.15, 0.2) is 6.07 Å². The Bertz CT molecular complexity index is 403. The van der Waals surface area contributed by atoms with Gasteiger partial charge in [0.25, 0.3) is 0 Å². The van der Waals surface area contributed by atoms with E-state index in [1.807, 2.05) is 47.6 Å². The second-order valence-electron chi connectivity index (χ2n) is 4.73. The van der Waals surface area contributed by atoms with Gasteiger partial charge in [-0.2, -0.15) is 0 Å². The second-order valence-corrected chi connectivity index (χ2v) is 5.57. The van der Waals surface area contributed by atoms with Gasteiger partial charge in [-0.15, -0.1) is 0 Å². The molecule has 2 nitrogen and oxygen atoms in total. The van der Waals surface area contributed by atoms with E-state index >= 15 is 0 Å². The fourth-order valence-corrected chi connectivity index (χ4v) is 2.52. The van der Waals surface area contributed by atoms with Crippen molar-refractivity contribution >= 4 is 30.1 Å². The first kappa shape index (κ1) is 28.5. The van der Waals surface area contributed by atoms with Gasteiger partial charge in [-0.3, -0.25) is 0 Å². The van der Waals surface area contributed by atoms with Crippen LogP contribution in [0.25, 0.3) is 0 Å². The average molecular weight is 375 g/mol. The lowest BCUT2D eigenvalue weighted by molar-refractivity contribution is 0.270. The number of nitrogens with zero attached hydrogens (tertiary/aromatic N) is 1. The zero-order valence-corrected chi connectivity index (χ0v) is 19.1. The number of hydrogen-bond donors (Lipinski definition) is 1. The molecule has 1 rings (SSSR count). The molecule has 0 spiro atoms. The Morgan fingerprint density at radius 1 is 0.833 bits per heavy atom. The molecule has 0 saturated carbocycles. The monoisotopic (exact) mass is 374 g/mol. The molecule has 0 saturated heterocycles. The highest BCUT2D eigenvalue weighted by atomic mass is 32.1. The second kappa shape index (κ2) is 22.7. The van der Waals surface area contributed by atoms with Gasteiger partial charge in [0.05, 0.1) is 14.7 Å². The summed E-state index contributed by atoms with van der Waals surface area (Å²) in [5.41, 5.74) is 1.06. The first-order chi connectivity index (χ1) is 11.7. The van der Waals surface area contributed by atoms with Crippen molar-refractivity contribution < 1.29 is 0 Å². The van der Waals surface area contributed by atoms with Crippen LogP contribution in [-0.2, 0) is 0 Å². The fourth-order valence-electron chi connectivity index (χ4n) is 2.10. The largest absolute Gasteiger partial charge is 0.384 e. The maximum Gasteiger partial charge on any atom is 0.0790 e. The Balaban J connectivity index is -0.000000659. The molecule has 1 N–H and O–H groups in total. The van der Waals surface area contributed by atoms with Crippen molar-refractivity contribution in [3.8, 4) is 0 Å². The number of anilines is 1. The maximum atomic E-state index is 5.14. The minimum absolute atomic E-state index is 0.824. The van der Waals surface area contributed by atoms with E-state index in [0.717, 1.165) is 21.3 Å². The van der Waals surface area contributed by atoms with Gasteiger partial charge in [-0.1, -0.05) is 79.8 Å². The predicted octanol–water partition coefficient (Wildman–Crippen LogP) is 7.41. The Hall–Kier alpha value is -0.320. The molecule has 0 amide bonds. The molecular formula is C20H42N2S2. The number of nitrogens with one attached hydrogen (secondary N) is 1. The fraction of sp³-hybridized carbons (Fsp3) is 0.800. The predicted molar refractivity (Wildman–Crippen MR) is 119 cm³/mol. The van der Waals surface area contributed by atoms with Crippen molar-refractivity contribution in [1.29, 1.82) is 0 Å². The van der Waals surface area contributed by atoms with E-state index in [4.69, 9.17) is 24.4 Å². The zero-order valence-electron chi connectivity index (χ0n) is 17.5. The van der Waals surface area contributed by atoms with E-state index in [-0.39, 0.29) is 0 Å². The van der Waals surface area contributed by atoms with Crippen molar-refractivity contribution in [2.75, 3.05) is 31.5 Å². The van der Waals surface area contributed by atoms with Crippen LogP contribution in [-0.4, -0.2) is 31.1 Å². The van der Waals surface area contributed by atoms with E-state index < -0.39 is 0 Å². The van der Waals surface area contributed by atoms with Crippen molar-refractivity contribution in [3.63, 3.8) is 0 Å². The zero-order chi connectivity index (χ0) is 19.4. The maximum absolute atomic E-state index is 5.14. The molecule has 1 aromatic rings. The first-order valence-corrected chi connectivity index (χ1v) is 10.8. The summed E-state index contributed by atoms with van der Waals surface area (Å²) in [6, 6.07) is 1.96. The van der Waals surface area contributed by atoms with Crippen LogP contribution >= 0.6 is 24.4 Å². The standard InChI is InChI=1S/C14H24N2S2.3C2H6/c1-3-8-16(9-4-2)10-6-5-7-15-12-11-13(17)14(12)18;3*1-2/h11,15H,3-10H2,1-2H3;3*1-2H3. The lowest BCUT2D eigenvalue weighted by atomic mass is 10.2. The molecule has 0 aliphatic rings. The van der Waals surface area contributed by atoms with Crippen LogP contribution in [0.4, 0.5) is 5.69 Å². The molecule has 0 fully saturated rings. The third kappa shape index (κ3) is 14.1. The highest BCUT2D eigenvalue weighted by Gasteiger charge is 2.03. The van der Waals surface area contributed by atoms with E-state index in [9.17, 15) is 0 Å². The van der Waals surface area contributed by atoms with Gasteiger partial charge in [0.15, 0.2) is 0 Å². The summed E-state index contributed by atoms with van der Waals surface area (Å²) >= 11 is 10.1. The lowest BCUT2D eigenvalue weighted by Gasteiger charge is -2.20. The summed E-state index contributed by atoms with van der Waals surface area (Å²) in [6.45, 7) is 21.2. The third-order valence-electron chi connectivity index (χ3n) is 3.04. The number of rotatable bonds is 10. The van der Waals surface area contributed by atoms with Gasteiger partial charge in [0, 0.05) is 6.54 Å². The van der Waals surface area contributed by atoms with Gasteiger partial charge < -0.3 is 10.2 Å². The molecule has 24 heavy (non-hydrogen) atoms. The Morgan fingerprint density at radius 3 is 1.71 bits per heavy atom. The van der Waals surface area contributed by atoms with Crippen molar-refractivity contribution in [3.05, 3.63) is 15.1 Å². The SMILES string of the molecule is CC.CC.CC.CCCN(CCC)CCCCNc1cc(=S)c1=S. The third-order valence-corrected chi connectivity index (χ3v) is 3.93. The summed E-state index contributed by atoms with van der Waals surface area (Å²) in [4.78, 5) is 2.56. The molecule has 0 bridgehead atoms. The molecule has 0 radical (unpaired) electrons. The summed E-state index contributed by atoms with van der Waals surface area (Å²) in [6.07, 6.45) is 4.93. The van der Waals surface area contributed by atoms with Crippen LogP contribution in [0, 0.1) is 9.02 Å². The van der Waals surface area contributed by atoms with Gasteiger partial charge in [-0.25, -0.2) is 0 Å². The normalized spacial score (nSPS) is 9.21. The van der Waals surface area contributed by atoms with Crippen molar-refractivity contribution in [2.45, 2.75) is 81.1 Å². The summed E-state index contributed by atoms with van der Waals surface area (Å²) in [5.74, 6) is 0. The van der Waals surface area contributed by atoms with E-state index in [1.165, 1.54) is 45.3 Å². The molecule has 144 valence electrons. The molecule has 0 atom stereocenters. The van der Waals surface area contributed by atoms with Gasteiger partial charge in [-0.05, 0) is 51.4 Å². The van der Waals surface area contributed by atoms with Crippen LogP contribution in [0.3, 0.4) is 0 Å². The molecule has 4 heteroatoms. The lowest BCUT2D eigenvalue weighted by Crippen LogP contribution is -2.26. The van der Waals surface area contributed by atoms with E-state index in [2.05, 4.69) is 24.1 Å². The van der Waals surface area contributed by atoms with Crippen molar-refractivity contribution in [1.82, 2.24) is 4.90 Å². The minimum Gasteiger partial charge on any atom is -0.384 e. The smallest absolute Gasteiger partial charge is 0.0790 e. The summed E-state index contributed by atoms with van der Waals surface area (Å²) < 4.78 is 1.66. The molecule has 0 heterocycles. The van der Waals surface area contributed by atoms with Gasteiger partial charge >= 0.3 is 0 Å². The van der Waals surface area contributed by atoms with Crippen LogP contribution < -0.4 is 5.32 Å². The van der Waals surface area contributed by atoms with E-state index in [1.54, 1.807) is 0 Å². The Morgan fingerprint density at radius 2 is 1.33 bits per heavy atom. The highest BCUT2D eigenvalue weighted by Crippen LogP contribution is 2.17. The Kier molecular flexibility index (Phi) is 26.9. The summed E-state index contributed by atoms with van der Waals surface area (Å²) in [7, 11) is 0. The molecule has 0 aromatic heterocycles. The topological polar surface area (TPSA) is 15.3 Å². The molecule has 0 unspecified atom stereocenters. The minimum atomic E-state index is 0.824. The van der Waals surface area contributed by atoms with Crippen LogP contribution in [0.2, 0.25) is 0 Å².